The first-order valence-corrected chi connectivity index (χ1v) is 9.25. The molecule has 0 amide bonds. The van der Waals surface area contributed by atoms with E-state index in [0.29, 0.717) is 12.4 Å². The van der Waals surface area contributed by atoms with Gasteiger partial charge < -0.3 is 10.6 Å². The van der Waals surface area contributed by atoms with Crippen LogP contribution >= 0.6 is 0 Å². The van der Waals surface area contributed by atoms with Crippen LogP contribution in [-0.2, 0) is 6.54 Å². The highest BCUT2D eigenvalue weighted by Crippen LogP contribution is 2.26. The van der Waals surface area contributed by atoms with Crippen molar-refractivity contribution in [1.29, 1.82) is 0 Å². The molecule has 4 rings (SSSR count). The van der Waals surface area contributed by atoms with E-state index in [9.17, 15) is 10.1 Å². The maximum absolute atomic E-state index is 10.9. The largest absolute Gasteiger partial charge is 0.383 e. The Kier molecular flexibility index (Phi) is 4.79. The molecule has 144 valence electrons. The summed E-state index contributed by atoms with van der Waals surface area (Å²) in [6, 6.07) is 12.8. The number of piperazine rings is 1. The number of para-hydroxylation sites is 1. The molecule has 3 aromatic rings. The van der Waals surface area contributed by atoms with Gasteiger partial charge in [0.1, 0.15) is 11.6 Å². The van der Waals surface area contributed by atoms with Gasteiger partial charge in [-0.05, 0) is 30.7 Å². The molecule has 1 aliphatic heterocycles. The molecule has 0 atom stereocenters. The van der Waals surface area contributed by atoms with Crippen molar-refractivity contribution in [3.05, 3.63) is 64.0 Å². The average Bonchev–Trinajstić information content (AvgIpc) is 2.69. The van der Waals surface area contributed by atoms with Crippen molar-refractivity contribution >= 4 is 28.1 Å². The van der Waals surface area contributed by atoms with Gasteiger partial charge in [-0.2, -0.15) is 0 Å². The number of nitro groups is 1. The molecule has 8 nitrogen and oxygen atoms in total. The molecule has 0 unspecified atom stereocenters. The van der Waals surface area contributed by atoms with Crippen LogP contribution in [-0.4, -0.2) is 46.0 Å². The zero-order valence-electron chi connectivity index (χ0n) is 15.7. The number of anilines is 2. The number of hydrogen-bond donors (Lipinski definition) is 1. The lowest BCUT2D eigenvalue weighted by Crippen LogP contribution is -2.46. The van der Waals surface area contributed by atoms with E-state index in [0.717, 1.165) is 54.2 Å². The van der Waals surface area contributed by atoms with Gasteiger partial charge in [0.15, 0.2) is 0 Å². The van der Waals surface area contributed by atoms with E-state index < -0.39 is 0 Å². The predicted molar refractivity (Wildman–Crippen MR) is 109 cm³/mol. The number of aryl methyl sites for hydroxylation is 1. The number of nitro benzene ring substituents is 1. The van der Waals surface area contributed by atoms with Gasteiger partial charge in [-0.1, -0.05) is 12.1 Å². The molecular weight excluding hydrogens is 356 g/mol. The summed E-state index contributed by atoms with van der Waals surface area (Å²) in [7, 11) is 0. The molecule has 1 fully saturated rings. The number of fused-ring (bicyclic) bond motifs is 1. The van der Waals surface area contributed by atoms with Gasteiger partial charge in [0.2, 0.25) is 0 Å². The Bertz CT molecular complexity index is 1030. The molecule has 1 aliphatic rings. The second-order valence-electron chi connectivity index (χ2n) is 7.03. The molecule has 0 aliphatic carbocycles. The van der Waals surface area contributed by atoms with Gasteiger partial charge in [0.05, 0.1) is 17.0 Å². The third-order valence-corrected chi connectivity index (χ3v) is 5.15. The quantitative estimate of drug-likeness (QED) is 0.550. The summed E-state index contributed by atoms with van der Waals surface area (Å²) in [6.45, 7) is 6.00. The highest BCUT2D eigenvalue weighted by molar-refractivity contribution is 5.87. The predicted octanol–water partition coefficient (Wildman–Crippen LogP) is 2.75. The third kappa shape index (κ3) is 3.59. The number of nitrogens with two attached hydrogens (primary N) is 1. The minimum Gasteiger partial charge on any atom is -0.383 e. The average molecular weight is 378 g/mol. The van der Waals surface area contributed by atoms with Gasteiger partial charge in [0.25, 0.3) is 5.69 Å². The Hall–Kier alpha value is -3.26. The van der Waals surface area contributed by atoms with Crippen molar-refractivity contribution in [2.24, 2.45) is 0 Å². The van der Waals surface area contributed by atoms with Gasteiger partial charge in [-0.15, -0.1) is 0 Å². The highest BCUT2D eigenvalue weighted by atomic mass is 16.6. The summed E-state index contributed by atoms with van der Waals surface area (Å²) in [5.41, 5.74) is 9.06. The lowest BCUT2D eigenvalue weighted by atomic mass is 10.1. The van der Waals surface area contributed by atoms with E-state index in [2.05, 4.69) is 19.8 Å². The van der Waals surface area contributed by atoms with Crippen LogP contribution in [0.15, 0.2) is 42.5 Å². The normalized spacial score (nSPS) is 15.1. The lowest BCUT2D eigenvalue weighted by molar-refractivity contribution is -0.384. The van der Waals surface area contributed by atoms with Crippen LogP contribution in [0.5, 0.6) is 0 Å². The topological polar surface area (TPSA) is 101 Å². The molecule has 28 heavy (non-hydrogen) atoms. The van der Waals surface area contributed by atoms with Crippen molar-refractivity contribution in [2.75, 3.05) is 36.8 Å². The molecule has 2 heterocycles. The summed E-state index contributed by atoms with van der Waals surface area (Å²) in [6.07, 6.45) is 0. The van der Waals surface area contributed by atoms with Crippen LogP contribution in [0.2, 0.25) is 0 Å². The number of rotatable bonds is 4. The van der Waals surface area contributed by atoms with Gasteiger partial charge >= 0.3 is 0 Å². The Morgan fingerprint density at radius 3 is 2.57 bits per heavy atom. The lowest BCUT2D eigenvalue weighted by Gasteiger charge is -2.36. The monoisotopic (exact) mass is 378 g/mol. The summed E-state index contributed by atoms with van der Waals surface area (Å²) in [5, 5.41) is 11.8. The zero-order valence-corrected chi connectivity index (χ0v) is 15.7. The Labute approximate surface area is 162 Å². The standard InChI is InChI=1S/C20H22N6O2/c1-14-12-15(26(27)28)6-7-18(14)25-10-8-24(9-11-25)13-19-22-17-5-3-2-4-16(17)20(21)23-19/h2-7,12H,8-11,13H2,1H3,(H2,21,22,23). The van der Waals surface area contributed by atoms with E-state index in [1.165, 1.54) is 0 Å². The van der Waals surface area contributed by atoms with E-state index in [1.54, 1.807) is 12.1 Å². The molecule has 1 aromatic heterocycles. The van der Waals surface area contributed by atoms with E-state index >= 15 is 0 Å². The van der Waals surface area contributed by atoms with E-state index in [4.69, 9.17) is 5.73 Å². The Morgan fingerprint density at radius 2 is 1.86 bits per heavy atom. The van der Waals surface area contributed by atoms with Crippen molar-refractivity contribution in [3.63, 3.8) is 0 Å². The molecular formula is C20H22N6O2. The second-order valence-corrected chi connectivity index (χ2v) is 7.03. The van der Waals surface area contributed by atoms with Crippen molar-refractivity contribution in [2.45, 2.75) is 13.5 Å². The summed E-state index contributed by atoms with van der Waals surface area (Å²) in [5.74, 6) is 1.25. The van der Waals surface area contributed by atoms with E-state index in [1.807, 2.05) is 37.3 Å². The maximum Gasteiger partial charge on any atom is 0.269 e. The van der Waals surface area contributed by atoms with Crippen LogP contribution in [0.25, 0.3) is 10.9 Å². The van der Waals surface area contributed by atoms with Crippen LogP contribution in [0.3, 0.4) is 0 Å². The molecule has 0 radical (unpaired) electrons. The molecule has 8 heteroatoms. The number of hydrogen-bond acceptors (Lipinski definition) is 7. The third-order valence-electron chi connectivity index (χ3n) is 5.15. The molecule has 1 saturated heterocycles. The molecule has 0 saturated carbocycles. The zero-order chi connectivity index (χ0) is 19.7. The van der Waals surface area contributed by atoms with Gasteiger partial charge in [-0.3, -0.25) is 15.0 Å². The van der Waals surface area contributed by atoms with Crippen LogP contribution < -0.4 is 10.6 Å². The highest BCUT2D eigenvalue weighted by Gasteiger charge is 2.20. The smallest absolute Gasteiger partial charge is 0.269 e. The second kappa shape index (κ2) is 7.40. The first-order chi connectivity index (χ1) is 13.5. The number of nitrogen functional groups attached to an aromatic ring is 1. The van der Waals surface area contributed by atoms with E-state index in [-0.39, 0.29) is 10.6 Å². The minimum atomic E-state index is -0.357. The van der Waals surface area contributed by atoms with Crippen LogP contribution in [0.4, 0.5) is 17.2 Å². The molecule has 0 bridgehead atoms. The fourth-order valence-corrected chi connectivity index (χ4v) is 3.68. The molecule has 0 spiro atoms. The fourth-order valence-electron chi connectivity index (χ4n) is 3.68. The van der Waals surface area contributed by atoms with Crippen LogP contribution in [0.1, 0.15) is 11.4 Å². The van der Waals surface area contributed by atoms with Crippen molar-refractivity contribution in [3.8, 4) is 0 Å². The molecule has 2 N–H and O–H groups in total. The van der Waals surface area contributed by atoms with Gasteiger partial charge in [0, 0.05) is 49.4 Å². The summed E-state index contributed by atoms with van der Waals surface area (Å²) in [4.78, 5) is 24.2. The summed E-state index contributed by atoms with van der Waals surface area (Å²) < 4.78 is 0. The number of nitrogens with zero attached hydrogens (tertiary/aromatic N) is 5. The number of benzene rings is 2. The SMILES string of the molecule is Cc1cc([N+](=O)[O-])ccc1N1CCN(Cc2nc(N)c3ccccc3n2)CC1. The Morgan fingerprint density at radius 1 is 1.11 bits per heavy atom. The Balaban J connectivity index is 1.43. The first kappa shape index (κ1) is 18.1. The molecule has 2 aromatic carbocycles. The van der Waals surface area contributed by atoms with Crippen molar-refractivity contribution in [1.82, 2.24) is 14.9 Å². The minimum absolute atomic E-state index is 0.130. The van der Waals surface area contributed by atoms with Crippen LogP contribution in [0, 0.1) is 17.0 Å². The first-order valence-electron chi connectivity index (χ1n) is 9.25. The fraction of sp³-hybridized carbons (Fsp3) is 0.300. The van der Waals surface area contributed by atoms with Crippen molar-refractivity contribution < 1.29 is 4.92 Å². The maximum atomic E-state index is 10.9. The van der Waals surface area contributed by atoms with Gasteiger partial charge in [-0.25, -0.2) is 9.97 Å². The summed E-state index contributed by atoms with van der Waals surface area (Å²) >= 11 is 0. The number of non-ortho nitro benzene ring substituents is 1. The number of aromatic nitrogens is 2.